The molecule has 1 unspecified atom stereocenters. The van der Waals surface area contributed by atoms with Crippen LogP contribution >= 0.6 is 0 Å². The average Bonchev–Trinajstić information content (AvgIpc) is 3.19. The molecule has 1 atom stereocenters. The molecule has 4 rings (SSSR count). The van der Waals surface area contributed by atoms with Crippen LogP contribution in [0.4, 0.5) is 5.69 Å². The monoisotopic (exact) mass is 361 g/mol. The van der Waals surface area contributed by atoms with Crippen LogP contribution in [-0.4, -0.2) is 17.5 Å². The number of hydrogen-bond donors (Lipinski definition) is 0. The number of amides is 1. The fourth-order valence-corrected chi connectivity index (χ4v) is 3.38. The van der Waals surface area contributed by atoms with Crippen LogP contribution in [0.15, 0.2) is 77.4 Å². The van der Waals surface area contributed by atoms with Crippen molar-refractivity contribution in [1.29, 1.82) is 0 Å². The molecule has 136 valence electrons. The molecule has 2 aromatic carbocycles. The number of ether oxygens (including phenoxy) is 1. The molecule has 0 saturated carbocycles. The average molecular weight is 361 g/mol. The molecule has 0 bridgehead atoms. The van der Waals surface area contributed by atoms with Gasteiger partial charge < -0.3 is 14.1 Å². The van der Waals surface area contributed by atoms with Gasteiger partial charge in [0.15, 0.2) is 5.60 Å². The lowest BCUT2D eigenvalue weighted by molar-refractivity contribution is -0.137. The molecule has 0 fully saturated rings. The number of benzene rings is 2. The molecule has 1 aliphatic rings. The second-order valence-corrected chi connectivity index (χ2v) is 6.76. The molecule has 0 aliphatic carbocycles. The molecule has 0 N–H and O–H groups in total. The van der Waals surface area contributed by atoms with Gasteiger partial charge in [0.2, 0.25) is 0 Å². The molecular formula is C22H19NO4. The molecule has 5 heteroatoms. The summed E-state index contributed by atoms with van der Waals surface area (Å²) >= 11 is 0. The van der Waals surface area contributed by atoms with Crippen molar-refractivity contribution in [2.45, 2.75) is 25.5 Å². The van der Waals surface area contributed by atoms with E-state index >= 15 is 0 Å². The van der Waals surface area contributed by atoms with Gasteiger partial charge in [-0.05, 0) is 42.8 Å². The van der Waals surface area contributed by atoms with Gasteiger partial charge in [-0.1, -0.05) is 36.4 Å². The molecule has 0 spiro atoms. The summed E-state index contributed by atoms with van der Waals surface area (Å²) in [7, 11) is 0. The molecule has 1 amide bonds. The molecule has 0 radical (unpaired) electrons. The third kappa shape index (κ3) is 3.24. The summed E-state index contributed by atoms with van der Waals surface area (Å²) in [5.74, 6) is -0.106. The number of para-hydroxylation sites is 1. The Bertz CT molecular complexity index is 965. The Morgan fingerprint density at radius 1 is 1.04 bits per heavy atom. The summed E-state index contributed by atoms with van der Waals surface area (Å²) in [5.41, 5.74) is 0.763. The van der Waals surface area contributed by atoms with Gasteiger partial charge in [-0.15, -0.1) is 0 Å². The largest absolute Gasteiger partial charge is 0.467 e. The topological polar surface area (TPSA) is 59.8 Å². The molecule has 2 heterocycles. The number of rotatable bonds is 4. The highest BCUT2D eigenvalue weighted by molar-refractivity contribution is 6.03. The fraction of sp³-hybridized carbons (Fsp3) is 0.182. The Labute approximate surface area is 157 Å². The first-order valence-corrected chi connectivity index (χ1v) is 8.77. The summed E-state index contributed by atoms with van der Waals surface area (Å²) < 4.78 is 11.1. The SMILES string of the molecule is CC1(C(=O)N(Cc2ccco2)c2ccccc2)Cc2ccccc2C(=O)O1. The summed E-state index contributed by atoms with van der Waals surface area (Å²) in [5, 5.41) is 0. The minimum Gasteiger partial charge on any atom is -0.467 e. The number of hydrogen-bond acceptors (Lipinski definition) is 4. The van der Waals surface area contributed by atoms with E-state index in [1.807, 2.05) is 48.5 Å². The van der Waals surface area contributed by atoms with Gasteiger partial charge >= 0.3 is 5.97 Å². The van der Waals surface area contributed by atoms with Crippen LogP contribution in [-0.2, 0) is 22.5 Å². The van der Waals surface area contributed by atoms with Gasteiger partial charge in [0.25, 0.3) is 5.91 Å². The van der Waals surface area contributed by atoms with Crippen molar-refractivity contribution < 1.29 is 18.7 Å². The van der Waals surface area contributed by atoms with Crippen LogP contribution in [0, 0.1) is 0 Å². The smallest absolute Gasteiger partial charge is 0.339 e. The summed E-state index contributed by atoms with van der Waals surface area (Å²) in [6.07, 6.45) is 1.90. The van der Waals surface area contributed by atoms with Crippen molar-refractivity contribution in [3.05, 3.63) is 89.9 Å². The Balaban J connectivity index is 1.70. The van der Waals surface area contributed by atoms with Crippen LogP contribution in [0.2, 0.25) is 0 Å². The van der Waals surface area contributed by atoms with Gasteiger partial charge in [0, 0.05) is 12.1 Å². The van der Waals surface area contributed by atoms with E-state index in [4.69, 9.17) is 9.15 Å². The normalized spacial score (nSPS) is 18.5. The minimum atomic E-state index is -1.28. The van der Waals surface area contributed by atoms with Crippen molar-refractivity contribution in [3.8, 4) is 0 Å². The number of carbonyl (C=O) groups excluding carboxylic acids is 2. The van der Waals surface area contributed by atoms with Crippen LogP contribution in [0.5, 0.6) is 0 Å². The zero-order valence-electron chi connectivity index (χ0n) is 14.9. The molecule has 27 heavy (non-hydrogen) atoms. The molecule has 1 aromatic heterocycles. The lowest BCUT2D eigenvalue weighted by atomic mass is 9.88. The van der Waals surface area contributed by atoms with Gasteiger partial charge in [-0.25, -0.2) is 4.79 Å². The van der Waals surface area contributed by atoms with E-state index in [9.17, 15) is 9.59 Å². The van der Waals surface area contributed by atoms with Gasteiger partial charge in [-0.2, -0.15) is 0 Å². The van der Waals surface area contributed by atoms with E-state index in [2.05, 4.69) is 0 Å². The Kier molecular flexibility index (Phi) is 4.28. The maximum Gasteiger partial charge on any atom is 0.339 e. The van der Waals surface area contributed by atoms with Crippen molar-refractivity contribution in [2.75, 3.05) is 4.90 Å². The van der Waals surface area contributed by atoms with E-state index in [1.165, 1.54) is 0 Å². The molecule has 0 saturated heterocycles. The zero-order chi connectivity index (χ0) is 18.9. The van der Waals surface area contributed by atoms with Crippen LogP contribution in [0.1, 0.15) is 28.6 Å². The van der Waals surface area contributed by atoms with E-state index in [-0.39, 0.29) is 12.5 Å². The van der Waals surface area contributed by atoms with E-state index < -0.39 is 11.6 Å². The van der Waals surface area contributed by atoms with Crippen molar-refractivity contribution in [3.63, 3.8) is 0 Å². The van der Waals surface area contributed by atoms with E-state index in [0.29, 0.717) is 17.7 Å². The highest BCUT2D eigenvalue weighted by atomic mass is 16.6. The predicted octanol–water partition coefficient (Wildman–Crippen LogP) is 3.98. The molecule has 3 aromatic rings. The van der Waals surface area contributed by atoms with Gasteiger partial charge in [0.05, 0.1) is 18.4 Å². The molecule has 5 nitrogen and oxygen atoms in total. The van der Waals surface area contributed by atoms with E-state index in [0.717, 1.165) is 11.3 Å². The maximum absolute atomic E-state index is 13.5. The van der Waals surface area contributed by atoms with E-state index in [1.54, 1.807) is 36.3 Å². The standard InChI is InChI=1S/C22H19NO4/c1-22(14-16-8-5-6-12-19(16)20(24)27-22)21(25)23(15-18-11-7-13-26-18)17-9-3-2-4-10-17/h2-13H,14-15H2,1H3. The highest BCUT2D eigenvalue weighted by Gasteiger charge is 2.45. The van der Waals surface area contributed by atoms with Gasteiger partial charge in [0.1, 0.15) is 5.76 Å². The first-order chi connectivity index (χ1) is 13.1. The number of fused-ring (bicyclic) bond motifs is 1. The number of furan rings is 1. The highest BCUT2D eigenvalue weighted by Crippen LogP contribution is 2.32. The van der Waals surface area contributed by atoms with Crippen LogP contribution < -0.4 is 4.90 Å². The lowest BCUT2D eigenvalue weighted by Crippen LogP contribution is -2.53. The lowest BCUT2D eigenvalue weighted by Gasteiger charge is -2.37. The van der Waals surface area contributed by atoms with Crippen molar-refractivity contribution in [2.24, 2.45) is 0 Å². The summed E-state index contributed by atoms with van der Waals surface area (Å²) in [6.45, 7) is 1.92. The number of cyclic esters (lactones) is 1. The number of anilines is 1. The van der Waals surface area contributed by atoms with Crippen molar-refractivity contribution >= 4 is 17.6 Å². The first-order valence-electron chi connectivity index (χ1n) is 8.77. The Hall–Kier alpha value is -3.34. The zero-order valence-corrected chi connectivity index (χ0v) is 14.9. The van der Waals surface area contributed by atoms with Crippen molar-refractivity contribution in [1.82, 2.24) is 0 Å². The Morgan fingerprint density at radius 2 is 1.78 bits per heavy atom. The fourth-order valence-electron chi connectivity index (χ4n) is 3.38. The maximum atomic E-state index is 13.5. The Morgan fingerprint density at radius 3 is 2.52 bits per heavy atom. The van der Waals surface area contributed by atoms with Gasteiger partial charge in [-0.3, -0.25) is 4.79 Å². The third-order valence-corrected chi connectivity index (χ3v) is 4.74. The third-order valence-electron chi connectivity index (χ3n) is 4.74. The molecular weight excluding hydrogens is 342 g/mol. The molecule has 1 aliphatic heterocycles. The second kappa shape index (κ2) is 6.76. The first kappa shape index (κ1) is 17.1. The summed E-state index contributed by atoms with van der Waals surface area (Å²) in [4.78, 5) is 27.6. The van der Waals surface area contributed by atoms with Crippen LogP contribution in [0.3, 0.4) is 0 Å². The number of esters is 1. The second-order valence-electron chi connectivity index (χ2n) is 6.76. The number of carbonyl (C=O) groups is 2. The van der Waals surface area contributed by atoms with Crippen LogP contribution in [0.25, 0.3) is 0 Å². The quantitative estimate of drug-likeness (QED) is 0.660. The summed E-state index contributed by atoms with van der Waals surface area (Å²) in [6, 6.07) is 20.1. The minimum absolute atomic E-state index is 0.255. The number of nitrogens with zero attached hydrogens (tertiary/aromatic N) is 1. The predicted molar refractivity (Wildman–Crippen MR) is 100 cm³/mol.